The first-order valence-electron chi connectivity index (χ1n) is 9.51. The SMILES string of the molecule is Cc1[nH+]cc(CO)c2cc(C(=O)Nc3ccc(Br)cc3)c(=Nc3ccc(F)c(F)c3)oc12. The average molecular weight is 501 g/mol. The molecule has 0 aliphatic carbocycles. The van der Waals surface area contributed by atoms with Gasteiger partial charge < -0.3 is 14.8 Å². The third kappa shape index (κ3) is 4.44. The van der Waals surface area contributed by atoms with Crippen molar-refractivity contribution in [2.75, 3.05) is 5.32 Å². The quantitative estimate of drug-likeness (QED) is 0.430. The van der Waals surface area contributed by atoms with Crippen molar-refractivity contribution in [3.8, 4) is 0 Å². The van der Waals surface area contributed by atoms with Crippen molar-refractivity contribution in [3.63, 3.8) is 0 Å². The number of carbonyl (C=O) groups is 1. The minimum atomic E-state index is -1.07. The fourth-order valence-electron chi connectivity index (χ4n) is 3.11. The topological polar surface area (TPSA) is 89.0 Å². The second-order valence-corrected chi connectivity index (χ2v) is 7.89. The van der Waals surface area contributed by atoms with Crippen LogP contribution in [0.15, 0.2) is 68.6 Å². The number of nitrogens with one attached hydrogen (secondary N) is 2. The van der Waals surface area contributed by atoms with Gasteiger partial charge in [-0.05, 0) is 42.5 Å². The van der Waals surface area contributed by atoms with Gasteiger partial charge in [-0.25, -0.2) is 18.8 Å². The number of fused-ring (bicyclic) bond motifs is 1. The van der Waals surface area contributed by atoms with Gasteiger partial charge in [0.25, 0.3) is 5.91 Å². The molecule has 4 rings (SSSR count). The second kappa shape index (κ2) is 8.97. The molecular weight excluding hydrogens is 484 g/mol. The lowest BCUT2D eigenvalue weighted by Gasteiger charge is -2.08. The Bertz CT molecular complexity index is 1400. The molecule has 1 amide bonds. The van der Waals surface area contributed by atoms with Gasteiger partial charge in [0.1, 0.15) is 5.56 Å². The second-order valence-electron chi connectivity index (χ2n) is 6.98. The van der Waals surface area contributed by atoms with Crippen molar-refractivity contribution in [3.05, 3.63) is 93.2 Å². The molecule has 0 aliphatic heterocycles. The highest BCUT2D eigenvalue weighted by Gasteiger charge is 2.19. The molecule has 0 atom stereocenters. The molecule has 2 heterocycles. The monoisotopic (exact) mass is 500 g/mol. The Kier molecular flexibility index (Phi) is 6.11. The number of aromatic amines is 1. The molecule has 2 aromatic carbocycles. The number of amides is 1. The molecule has 9 heteroatoms. The molecule has 2 aromatic heterocycles. The standard InChI is InChI=1S/C23H16BrF2N3O3/c1-12-21-17(13(11-30)10-27-12)9-18(22(31)28-15-4-2-14(24)3-5-15)23(32-21)29-16-6-7-19(25)20(26)8-16/h2-10,30H,11H2,1H3,(H,28,31)/p+1. The van der Waals surface area contributed by atoms with E-state index >= 15 is 0 Å². The Balaban J connectivity index is 1.92. The first kappa shape index (κ1) is 21.8. The van der Waals surface area contributed by atoms with Crippen LogP contribution in [-0.4, -0.2) is 11.0 Å². The molecule has 162 valence electrons. The number of rotatable bonds is 4. The summed E-state index contributed by atoms with van der Waals surface area (Å²) >= 11 is 3.34. The van der Waals surface area contributed by atoms with E-state index in [9.17, 15) is 18.7 Å². The van der Waals surface area contributed by atoms with E-state index in [4.69, 9.17) is 4.42 Å². The van der Waals surface area contributed by atoms with Crippen molar-refractivity contribution in [1.29, 1.82) is 0 Å². The number of aromatic nitrogens is 1. The number of benzene rings is 2. The Morgan fingerprint density at radius 2 is 1.91 bits per heavy atom. The van der Waals surface area contributed by atoms with E-state index in [0.29, 0.717) is 27.9 Å². The van der Waals surface area contributed by atoms with E-state index in [2.05, 4.69) is 31.2 Å². The highest BCUT2D eigenvalue weighted by molar-refractivity contribution is 9.10. The lowest BCUT2D eigenvalue weighted by atomic mass is 10.1. The average Bonchev–Trinajstić information content (AvgIpc) is 2.78. The van der Waals surface area contributed by atoms with Crippen LogP contribution in [0.2, 0.25) is 0 Å². The summed E-state index contributed by atoms with van der Waals surface area (Å²) in [7, 11) is 0. The van der Waals surface area contributed by atoms with E-state index in [0.717, 1.165) is 16.6 Å². The van der Waals surface area contributed by atoms with Gasteiger partial charge in [0.05, 0.1) is 17.9 Å². The highest BCUT2D eigenvalue weighted by Crippen LogP contribution is 2.22. The van der Waals surface area contributed by atoms with Crippen LogP contribution >= 0.6 is 15.9 Å². The van der Waals surface area contributed by atoms with Gasteiger partial charge in [-0.1, -0.05) is 15.9 Å². The predicted octanol–water partition coefficient (Wildman–Crippen LogP) is 4.57. The molecule has 0 bridgehead atoms. The van der Waals surface area contributed by atoms with Crippen LogP contribution < -0.4 is 15.9 Å². The molecule has 4 aromatic rings. The van der Waals surface area contributed by atoms with E-state index < -0.39 is 17.5 Å². The number of aliphatic hydroxyl groups excluding tert-OH is 1. The summed E-state index contributed by atoms with van der Waals surface area (Å²) < 4.78 is 33.8. The van der Waals surface area contributed by atoms with Gasteiger partial charge in [-0.3, -0.25) is 4.79 Å². The molecular formula is C23H17BrF2N3O3+. The number of halogens is 3. The van der Waals surface area contributed by atoms with Crippen molar-refractivity contribution < 1.29 is 28.1 Å². The Hall–Kier alpha value is -3.43. The van der Waals surface area contributed by atoms with E-state index in [1.54, 1.807) is 43.5 Å². The number of aryl methyl sites for hydroxylation is 1. The Morgan fingerprint density at radius 1 is 1.16 bits per heavy atom. The van der Waals surface area contributed by atoms with Crippen molar-refractivity contribution >= 4 is 44.2 Å². The molecule has 0 saturated carbocycles. The van der Waals surface area contributed by atoms with E-state index in [-0.39, 0.29) is 23.4 Å². The summed E-state index contributed by atoms with van der Waals surface area (Å²) in [6, 6.07) is 11.7. The van der Waals surface area contributed by atoms with Crippen LogP contribution in [0.5, 0.6) is 0 Å². The first-order valence-corrected chi connectivity index (χ1v) is 10.3. The van der Waals surface area contributed by atoms with Crippen LogP contribution in [-0.2, 0) is 6.61 Å². The molecule has 32 heavy (non-hydrogen) atoms. The third-order valence-corrected chi connectivity index (χ3v) is 5.29. The van der Waals surface area contributed by atoms with Crippen molar-refractivity contribution in [2.24, 2.45) is 4.99 Å². The normalized spacial score (nSPS) is 11.7. The summed E-state index contributed by atoms with van der Waals surface area (Å²) in [6.07, 6.45) is 1.62. The summed E-state index contributed by atoms with van der Waals surface area (Å²) in [5.41, 5.74) is 2.11. The maximum atomic E-state index is 13.7. The number of H-pyrrole nitrogens is 1. The number of hydrogen-bond donors (Lipinski definition) is 2. The van der Waals surface area contributed by atoms with Crippen molar-refractivity contribution in [1.82, 2.24) is 0 Å². The smallest absolute Gasteiger partial charge is 0.261 e. The number of aliphatic hydroxyl groups is 1. The zero-order valence-corrected chi connectivity index (χ0v) is 18.3. The predicted molar refractivity (Wildman–Crippen MR) is 117 cm³/mol. The zero-order chi connectivity index (χ0) is 22.8. The van der Waals surface area contributed by atoms with Gasteiger partial charge in [0.2, 0.25) is 16.8 Å². The maximum Gasteiger partial charge on any atom is 0.261 e. The van der Waals surface area contributed by atoms with Gasteiger partial charge in [0, 0.05) is 28.5 Å². The number of hydrogen-bond acceptors (Lipinski definition) is 4. The largest absolute Gasteiger partial charge is 0.431 e. The lowest BCUT2D eigenvalue weighted by molar-refractivity contribution is -0.386. The molecule has 0 spiro atoms. The van der Waals surface area contributed by atoms with Crippen LogP contribution in [0.4, 0.5) is 20.2 Å². The summed E-state index contributed by atoms with van der Waals surface area (Å²) in [5, 5.41) is 13.0. The maximum absolute atomic E-state index is 13.7. The van der Waals surface area contributed by atoms with Crippen LogP contribution in [0, 0.1) is 18.6 Å². The Labute approximate surface area is 189 Å². The van der Waals surface area contributed by atoms with E-state index in [1.165, 1.54) is 6.07 Å². The third-order valence-electron chi connectivity index (χ3n) is 4.76. The minimum absolute atomic E-state index is 0.0606. The molecule has 6 nitrogen and oxygen atoms in total. The molecule has 0 aliphatic rings. The number of anilines is 1. The molecule has 0 unspecified atom stereocenters. The minimum Gasteiger partial charge on any atom is -0.431 e. The zero-order valence-electron chi connectivity index (χ0n) is 16.7. The van der Waals surface area contributed by atoms with Gasteiger partial charge in [0.15, 0.2) is 17.8 Å². The van der Waals surface area contributed by atoms with Crippen LogP contribution in [0.1, 0.15) is 21.6 Å². The molecule has 0 saturated heterocycles. The van der Waals surface area contributed by atoms with Crippen molar-refractivity contribution in [2.45, 2.75) is 13.5 Å². The molecule has 3 N–H and O–H groups in total. The van der Waals surface area contributed by atoms with E-state index in [1.807, 2.05) is 0 Å². The molecule has 0 radical (unpaired) electrons. The Morgan fingerprint density at radius 3 is 2.59 bits per heavy atom. The van der Waals surface area contributed by atoms with Gasteiger partial charge in [-0.2, -0.15) is 0 Å². The number of carbonyl (C=O) groups excluding carboxylic acids is 1. The van der Waals surface area contributed by atoms with Gasteiger partial charge in [-0.15, -0.1) is 0 Å². The first-order chi connectivity index (χ1) is 15.4. The van der Waals surface area contributed by atoms with Gasteiger partial charge >= 0.3 is 0 Å². The number of nitrogens with zero attached hydrogens (tertiary/aromatic N) is 1. The van der Waals surface area contributed by atoms with Crippen LogP contribution in [0.3, 0.4) is 0 Å². The fraction of sp³-hybridized carbons (Fsp3) is 0.0870. The fourth-order valence-corrected chi connectivity index (χ4v) is 3.38. The summed E-state index contributed by atoms with van der Waals surface area (Å²) in [6.45, 7) is 1.48. The highest BCUT2D eigenvalue weighted by atomic mass is 79.9. The van der Waals surface area contributed by atoms with Crippen LogP contribution in [0.25, 0.3) is 11.0 Å². The molecule has 0 fully saturated rings. The number of pyridine rings is 1. The summed E-state index contributed by atoms with van der Waals surface area (Å²) in [4.78, 5) is 20.3. The lowest BCUT2D eigenvalue weighted by Crippen LogP contribution is -2.23. The summed E-state index contributed by atoms with van der Waals surface area (Å²) in [5.74, 6) is -2.60.